The zero-order chi connectivity index (χ0) is 11.6. The van der Waals surface area contributed by atoms with Gasteiger partial charge in [-0.3, -0.25) is 0 Å². The SMILES string of the molecule is CCc1nsc(N)c1C(=O)OC(C)(C)C. The lowest BCUT2D eigenvalue weighted by molar-refractivity contribution is 0.00699. The molecule has 1 rings (SSSR count). The topological polar surface area (TPSA) is 65.2 Å². The molecule has 0 saturated heterocycles. The van der Waals surface area contributed by atoms with Crippen molar-refractivity contribution in [3.05, 3.63) is 11.3 Å². The van der Waals surface area contributed by atoms with Crippen LogP contribution in [0.1, 0.15) is 43.7 Å². The lowest BCUT2D eigenvalue weighted by atomic mass is 10.1. The molecule has 4 nitrogen and oxygen atoms in total. The van der Waals surface area contributed by atoms with Crippen LogP contribution in [0.15, 0.2) is 0 Å². The number of nitrogens with two attached hydrogens (primary N) is 1. The van der Waals surface area contributed by atoms with Gasteiger partial charge in [-0.1, -0.05) is 6.92 Å². The monoisotopic (exact) mass is 228 g/mol. The number of hydrogen-bond donors (Lipinski definition) is 1. The fraction of sp³-hybridized carbons (Fsp3) is 0.600. The summed E-state index contributed by atoms with van der Waals surface area (Å²) in [5.41, 5.74) is 6.33. The molecule has 0 aliphatic heterocycles. The number of carbonyl (C=O) groups excluding carboxylic acids is 1. The van der Waals surface area contributed by atoms with Crippen molar-refractivity contribution in [2.24, 2.45) is 0 Å². The first-order chi connectivity index (χ1) is 6.85. The maximum Gasteiger partial charge on any atom is 0.343 e. The van der Waals surface area contributed by atoms with Crippen molar-refractivity contribution in [1.29, 1.82) is 0 Å². The van der Waals surface area contributed by atoms with E-state index in [0.717, 1.165) is 11.5 Å². The summed E-state index contributed by atoms with van der Waals surface area (Å²) in [5.74, 6) is -0.384. The number of carbonyl (C=O) groups is 1. The number of aromatic nitrogens is 1. The Kier molecular flexibility index (Phi) is 3.34. The minimum absolute atomic E-state index is 0.384. The van der Waals surface area contributed by atoms with Gasteiger partial charge in [0.2, 0.25) is 0 Å². The molecule has 0 aromatic carbocycles. The average molecular weight is 228 g/mol. The van der Waals surface area contributed by atoms with Crippen molar-refractivity contribution in [2.45, 2.75) is 39.7 Å². The van der Waals surface area contributed by atoms with Crippen molar-refractivity contribution in [2.75, 3.05) is 5.73 Å². The molecule has 84 valence electrons. The standard InChI is InChI=1S/C10H16N2O2S/c1-5-6-7(8(11)15-12-6)9(13)14-10(2,3)4/h5,11H2,1-4H3. The number of aryl methyl sites for hydroxylation is 1. The Hall–Kier alpha value is -1.10. The van der Waals surface area contributed by atoms with E-state index in [1.54, 1.807) is 0 Å². The molecule has 0 aliphatic carbocycles. The number of ether oxygens (including phenoxy) is 1. The lowest BCUT2D eigenvalue weighted by Crippen LogP contribution is -2.24. The van der Waals surface area contributed by atoms with Crippen LogP contribution in [-0.2, 0) is 11.2 Å². The molecule has 0 spiro atoms. The molecule has 0 radical (unpaired) electrons. The molecule has 0 unspecified atom stereocenters. The van der Waals surface area contributed by atoms with Gasteiger partial charge < -0.3 is 10.5 Å². The van der Waals surface area contributed by atoms with E-state index in [1.165, 1.54) is 0 Å². The summed E-state index contributed by atoms with van der Waals surface area (Å²) < 4.78 is 9.35. The van der Waals surface area contributed by atoms with Crippen LogP contribution in [0, 0.1) is 0 Å². The summed E-state index contributed by atoms with van der Waals surface area (Å²) in [7, 11) is 0. The lowest BCUT2D eigenvalue weighted by Gasteiger charge is -2.19. The van der Waals surface area contributed by atoms with Gasteiger partial charge in [0.25, 0.3) is 0 Å². The van der Waals surface area contributed by atoms with Crippen LogP contribution in [0.25, 0.3) is 0 Å². The Labute approximate surface area is 93.6 Å². The van der Waals surface area contributed by atoms with E-state index in [4.69, 9.17) is 10.5 Å². The van der Waals surface area contributed by atoms with Gasteiger partial charge in [0.05, 0.1) is 5.69 Å². The van der Waals surface area contributed by atoms with Crippen LogP contribution in [0.5, 0.6) is 0 Å². The summed E-state index contributed by atoms with van der Waals surface area (Å²) in [6, 6.07) is 0. The Bertz CT molecular complexity index is 366. The van der Waals surface area contributed by atoms with E-state index in [9.17, 15) is 4.79 Å². The third-order valence-corrected chi connectivity index (χ3v) is 2.44. The van der Waals surface area contributed by atoms with Gasteiger partial charge in [-0.2, -0.15) is 4.37 Å². The van der Waals surface area contributed by atoms with Crippen molar-refractivity contribution in [3.8, 4) is 0 Å². The summed E-state index contributed by atoms with van der Waals surface area (Å²) in [4.78, 5) is 11.8. The molecule has 2 N–H and O–H groups in total. The largest absolute Gasteiger partial charge is 0.456 e. The molecule has 1 aromatic rings. The number of esters is 1. The van der Waals surface area contributed by atoms with Crippen molar-refractivity contribution in [3.63, 3.8) is 0 Å². The third-order valence-electron chi connectivity index (χ3n) is 1.73. The van der Waals surface area contributed by atoms with Crippen LogP contribution < -0.4 is 5.73 Å². The first-order valence-electron chi connectivity index (χ1n) is 4.82. The fourth-order valence-corrected chi connectivity index (χ4v) is 1.85. The zero-order valence-corrected chi connectivity index (χ0v) is 10.3. The number of nitrogen functional groups attached to an aromatic ring is 1. The second-order valence-electron chi connectivity index (χ2n) is 4.22. The van der Waals surface area contributed by atoms with Crippen LogP contribution in [0.3, 0.4) is 0 Å². The molecular weight excluding hydrogens is 212 g/mol. The molecule has 0 bridgehead atoms. The second kappa shape index (κ2) is 4.18. The molecule has 5 heteroatoms. The highest BCUT2D eigenvalue weighted by atomic mass is 32.1. The Balaban J connectivity index is 2.95. The minimum Gasteiger partial charge on any atom is -0.456 e. The first kappa shape index (κ1) is 12.0. The van der Waals surface area contributed by atoms with Crippen molar-refractivity contribution in [1.82, 2.24) is 4.37 Å². The van der Waals surface area contributed by atoms with E-state index in [2.05, 4.69) is 4.37 Å². The summed E-state index contributed by atoms with van der Waals surface area (Å²) in [5, 5.41) is 0.432. The predicted molar refractivity (Wildman–Crippen MR) is 61.1 cm³/mol. The summed E-state index contributed by atoms with van der Waals surface area (Å²) in [6.07, 6.45) is 0.683. The first-order valence-corrected chi connectivity index (χ1v) is 5.60. The molecule has 1 heterocycles. The van der Waals surface area contributed by atoms with Gasteiger partial charge in [-0.05, 0) is 38.7 Å². The van der Waals surface area contributed by atoms with E-state index in [0.29, 0.717) is 22.7 Å². The number of anilines is 1. The predicted octanol–water partition coefficient (Wildman–Crippen LogP) is 2.24. The molecule has 0 atom stereocenters. The van der Waals surface area contributed by atoms with Gasteiger partial charge >= 0.3 is 5.97 Å². The summed E-state index contributed by atoms with van der Waals surface area (Å²) >= 11 is 1.14. The molecular formula is C10H16N2O2S. The molecule has 15 heavy (non-hydrogen) atoms. The van der Waals surface area contributed by atoms with Gasteiger partial charge in [-0.25, -0.2) is 4.79 Å². The molecule has 1 aromatic heterocycles. The Morgan fingerprint density at radius 2 is 2.13 bits per heavy atom. The maximum atomic E-state index is 11.8. The Morgan fingerprint density at radius 3 is 2.60 bits per heavy atom. The number of hydrogen-bond acceptors (Lipinski definition) is 5. The highest BCUT2D eigenvalue weighted by molar-refractivity contribution is 7.10. The summed E-state index contributed by atoms with van der Waals surface area (Å²) in [6.45, 7) is 7.41. The third kappa shape index (κ3) is 2.92. The van der Waals surface area contributed by atoms with E-state index in [-0.39, 0.29) is 5.97 Å². The van der Waals surface area contributed by atoms with Gasteiger partial charge in [0.15, 0.2) is 0 Å². The van der Waals surface area contributed by atoms with E-state index in [1.807, 2.05) is 27.7 Å². The highest BCUT2D eigenvalue weighted by Gasteiger charge is 2.24. The highest BCUT2D eigenvalue weighted by Crippen LogP contribution is 2.24. The number of nitrogens with zero attached hydrogens (tertiary/aromatic N) is 1. The van der Waals surface area contributed by atoms with Crippen LogP contribution >= 0.6 is 11.5 Å². The molecule has 0 fully saturated rings. The zero-order valence-electron chi connectivity index (χ0n) is 9.46. The minimum atomic E-state index is -0.504. The van der Waals surface area contributed by atoms with Gasteiger partial charge in [-0.15, -0.1) is 0 Å². The van der Waals surface area contributed by atoms with Gasteiger partial charge in [0.1, 0.15) is 16.2 Å². The Morgan fingerprint density at radius 1 is 1.53 bits per heavy atom. The molecule has 0 aliphatic rings. The fourth-order valence-electron chi connectivity index (χ4n) is 1.13. The second-order valence-corrected chi connectivity index (χ2v) is 5.03. The quantitative estimate of drug-likeness (QED) is 0.788. The molecule has 0 amide bonds. The normalized spacial score (nSPS) is 11.5. The van der Waals surface area contributed by atoms with E-state index >= 15 is 0 Å². The van der Waals surface area contributed by atoms with Crippen molar-refractivity contribution < 1.29 is 9.53 Å². The number of rotatable bonds is 2. The average Bonchev–Trinajstić information content (AvgIpc) is 2.43. The maximum absolute atomic E-state index is 11.8. The van der Waals surface area contributed by atoms with E-state index < -0.39 is 5.60 Å². The smallest absolute Gasteiger partial charge is 0.343 e. The van der Waals surface area contributed by atoms with Crippen LogP contribution in [-0.4, -0.2) is 15.9 Å². The van der Waals surface area contributed by atoms with Crippen LogP contribution in [0.2, 0.25) is 0 Å². The van der Waals surface area contributed by atoms with Crippen LogP contribution in [0.4, 0.5) is 5.00 Å². The van der Waals surface area contributed by atoms with Crippen molar-refractivity contribution >= 4 is 22.5 Å². The molecule has 0 saturated carbocycles. The van der Waals surface area contributed by atoms with Gasteiger partial charge in [0, 0.05) is 0 Å².